The molecule has 1 fully saturated rings. The van der Waals surface area contributed by atoms with E-state index in [0.717, 1.165) is 36.3 Å². The summed E-state index contributed by atoms with van der Waals surface area (Å²) in [4.78, 5) is 12.5. The van der Waals surface area contributed by atoms with E-state index in [9.17, 15) is 4.79 Å². The zero-order valence-electron chi connectivity index (χ0n) is 14.9. The number of carbonyl (C=O) groups is 1. The molecule has 4 nitrogen and oxygen atoms in total. The summed E-state index contributed by atoms with van der Waals surface area (Å²) >= 11 is 0. The molecule has 0 unspecified atom stereocenters. The van der Waals surface area contributed by atoms with E-state index in [-0.39, 0.29) is 11.3 Å². The molecule has 1 aromatic heterocycles. The summed E-state index contributed by atoms with van der Waals surface area (Å²) in [7, 11) is 1.92. The van der Waals surface area contributed by atoms with Crippen molar-refractivity contribution in [3.8, 4) is 0 Å². The van der Waals surface area contributed by atoms with Crippen molar-refractivity contribution in [3.63, 3.8) is 0 Å². The molecule has 1 N–H and O–H groups in total. The van der Waals surface area contributed by atoms with Crippen LogP contribution < -0.4 is 5.32 Å². The molecule has 2 aromatic rings. The zero-order valence-corrected chi connectivity index (χ0v) is 14.9. The van der Waals surface area contributed by atoms with Gasteiger partial charge < -0.3 is 5.32 Å². The van der Waals surface area contributed by atoms with Crippen LogP contribution in [0.4, 0.5) is 0 Å². The fourth-order valence-corrected chi connectivity index (χ4v) is 3.98. The molecule has 128 valence electrons. The van der Waals surface area contributed by atoms with E-state index >= 15 is 0 Å². The highest BCUT2D eigenvalue weighted by atomic mass is 16.1. The molecule has 3 rings (SSSR count). The molecule has 4 heteroatoms. The molecule has 1 aliphatic rings. The average Bonchev–Trinajstić information content (AvgIpc) is 3.16. The molecular weight excluding hydrogens is 298 g/mol. The largest absolute Gasteiger partial charge is 0.355 e. The minimum Gasteiger partial charge on any atom is -0.355 e. The van der Waals surface area contributed by atoms with Gasteiger partial charge in [0.25, 0.3) is 0 Å². The molecule has 1 heterocycles. The minimum absolute atomic E-state index is 0.0939. The van der Waals surface area contributed by atoms with E-state index in [4.69, 9.17) is 0 Å². The number of aryl methyl sites for hydroxylation is 2. The summed E-state index contributed by atoms with van der Waals surface area (Å²) in [5.74, 6) is 0.0939. The minimum atomic E-state index is 0.0939. The fourth-order valence-electron chi connectivity index (χ4n) is 3.98. The monoisotopic (exact) mass is 325 g/mol. The maximum atomic E-state index is 12.5. The molecule has 1 aromatic carbocycles. The second-order valence-corrected chi connectivity index (χ2v) is 7.08. The molecule has 0 saturated heterocycles. The van der Waals surface area contributed by atoms with E-state index in [1.54, 1.807) is 0 Å². The number of carbonyl (C=O) groups excluding carboxylic acids is 1. The number of amides is 1. The van der Waals surface area contributed by atoms with E-state index in [1.165, 1.54) is 18.4 Å². The standard InChI is InChI=1S/C20H27N3O/c1-15-18(16(2)23(3)22-15)13-19(24)21-14-20(11-7-8-12-20)17-9-5-4-6-10-17/h4-6,9-10H,7-8,11-14H2,1-3H3,(H,21,24). The Labute approximate surface area is 144 Å². The first-order chi connectivity index (χ1) is 11.5. The topological polar surface area (TPSA) is 46.9 Å². The molecule has 0 spiro atoms. The van der Waals surface area contributed by atoms with Gasteiger partial charge in [-0.1, -0.05) is 43.2 Å². The van der Waals surface area contributed by atoms with Crippen LogP contribution in [0.3, 0.4) is 0 Å². The van der Waals surface area contributed by atoms with Crippen LogP contribution in [0.15, 0.2) is 30.3 Å². The molecule has 24 heavy (non-hydrogen) atoms. The van der Waals surface area contributed by atoms with Gasteiger partial charge in [-0.3, -0.25) is 9.48 Å². The van der Waals surface area contributed by atoms with Gasteiger partial charge in [0.15, 0.2) is 0 Å². The normalized spacial score (nSPS) is 16.3. The lowest BCUT2D eigenvalue weighted by molar-refractivity contribution is -0.120. The number of rotatable bonds is 5. The maximum Gasteiger partial charge on any atom is 0.224 e. The number of nitrogens with zero attached hydrogens (tertiary/aromatic N) is 2. The van der Waals surface area contributed by atoms with Gasteiger partial charge in [-0.25, -0.2) is 0 Å². The molecule has 0 radical (unpaired) electrons. The first kappa shape index (κ1) is 16.7. The average molecular weight is 325 g/mol. The van der Waals surface area contributed by atoms with Gasteiger partial charge in [-0.05, 0) is 32.3 Å². The number of hydrogen-bond donors (Lipinski definition) is 1. The second-order valence-electron chi connectivity index (χ2n) is 7.08. The van der Waals surface area contributed by atoms with E-state index < -0.39 is 0 Å². The van der Waals surface area contributed by atoms with Crippen molar-refractivity contribution in [1.29, 1.82) is 0 Å². The Hall–Kier alpha value is -2.10. The summed E-state index contributed by atoms with van der Waals surface area (Å²) in [5.41, 5.74) is 4.53. The molecule has 0 atom stereocenters. The Balaban J connectivity index is 1.68. The van der Waals surface area contributed by atoms with Crippen molar-refractivity contribution in [1.82, 2.24) is 15.1 Å². The van der Waals surface area contributed by atoms with Crippen LogP contribution in [-0.2, 0) is 23.7 Å². The lowest BCUT2D eigenvalue weighted by Crippen LogP contribution is -2.39. The van der Waals surface area contributed by atoms with Crippen LogP contribution in [0.5, 0.6) is 0 Å². The van der Waals surface area contributed by atoms with Crippen molar-refractivity contribution >= 4 is 5.91 Å². The number of benzene rings is 1. The third kappa shape index (κ3) is 3.23. The predicted octanol–water partition coefficient (Wildman–Crippen LogP) is 3.21. The highest BCUT2D eigenvalue weighted by Crippen LogP contribution is 2.40. The highest BCUT2D eigenvalue weighted by molar-refractivity contribution is 5.79. The highest BCUT2D eigenvalue weighted by Gasteiger charge is 2.35. The molecule has 1 saturated carbocycles. The summed E-state index contributed by atoms with van der Waals surface area (Å²) in [6.07, 6.45) is 5.21. The van der Waals surface area contributed by atoms with Crippen LogP contribution in [0, 0.1) is 13.8 Å². The predicted molar refractivity (Wildman–Crippen MR) is 96.0 cm³/mol. The molecule has 1 aliphatic carbocycles. The fraction of sp³-hybridized carbons (Fsp3) is 0.500. The zero-order chi connectivity index (χ0) is 17.2. The Kier molecular flexibility index (Phi) is 4.74. The van der Waals surface area contributed by atoms with Gasteiger partial charge in [-0.2, -0.15) is 5.10 Å². The van der Waals surface area contributed by atoms with Gasteiger partial charge in [-0.15, -0.1) is 0 Å². The Morgan fingerprint density at radius 1 is 1.21 bits per heavy atom. The van der Waals surface area contributed by atoms with Gasteiger partial charge in [0.05, 0.1) is 12.1 Å². The molecular formula is C20H27N3O. The van der Waals surface area contributed by atoms with Crippen LogP contribution in [-0.4, -0.2) is 22.2 Å². The maximum absolute atomic E-state index is 12.5. The van der Waals surface area contributed by atoms with Crippen molar-refractivity contribution in [2.45, 2.75) is 51.4 Å². The van der Waals surface area contributed by atoms with E-state index in [0.29, 0.717) is 6.42 Å². The number of hydrogen-bond acceptors (Lipinski definition) is 2. The van der Waals surface area contributed by atoms with Gasteiger partial charge in [0, 0.05) is 30.3 Å². The number of nitrogens with one attached hydrogen (secondary N) is 1. The van der Waals surface area contributed by atoms with Crippen LogP contribution in [0.2, 0.25) is 0 Å². The molecule has 0 aliphatic heterocycles. The van der Waals surface area contributed by atoms with Crippen molar-refractivity contribution in [2.24, 2.45) is 7.05 Å². The first-order valence-corrected chi connectivity index (χ1v) is 8.83. The quantitative estimate of drug-likeness (QED) is 0.917. The third-order valence-electron chi connectivity index (χ3n) is 5.57. The van der Waals surface area contributed by atoms with Crippen LogP contribution in [0.1, 0.15) is 48.2 Å². The van der Waals surface area contributed by atoms with E-state index in [2.05, 4.69) is 40.7 Å². The van der Waals surface area contributed by atoms with Crippen LogP contribution in [0.25, 0.3) is 0 Å². The summed E-state index contributed by atoms with van der Waals surface area (Å²) < 4.78 is 1.85. The van der Waals surface area contributed by atoms with E-state index in [1.807, 2.05) is 25.6 Å². The third-order valence-corrected chi connectivity index (χ3v) is 5.57. The molecule has 1 amide bonds. The molecule has 0 bridgehead atoms. The van der Waals surface area contributed by atoms with Crippen molar-refractivity contribution < 1.29 is 4.79 Å². The van der Waals surface area contributed by atoms with Crippen molar-refractivity contribution in [2.75, 3.05) is 6.54 Å². The second kappa shape index (κ2) is 6.80. The summed E-state index contributed by atoms with van der Waals surface area (Å²) in [5, 5.41) is 7.60. The van der Waals surface area contributed by atoms with Crippen molar-refractivity contribution in [3.05, 3.63) is 52.8 Å². The Bertz CT molecular complexity index is 712. The number of aromatic nitrogens is 2. The Morgan fingerprint density at radius 3 is 2.46 bits per heavy atom. The van der Waals surface area contributed by atoms with Gasteiger partial charge >= 0.3 is 0 Å². The Morgan fingerprint density at radius 2 is 1.88 bits per heavy atom. The summed E-state index contributed by atoms with van der Waals surface area (Å²) in [6.45, 7) is 4.72. The van der Waals surface area contributed by atoms with Gasteiger partial charge in [0.2, 0.25) is 5.91 Å². The summed E-state index contributed by atoms with van der Waals surface area (Å²) in [6, 6.07) is 10.7. The lowest BCUT2D eigenvalue weighted by atomic mass is 9.79. The smallest absolute Gasteiger partial charge is 0.224 e. The SMILES string of the molecule is Cc1nn(C)c(C)c1CC(=O)NCC1(c2ccccc2)CCCC1. The first-order valence-electron chi connectivity index (χ1n) is 8.83. The van der Waals surface area contributed by atoms with Gasteiger partial charge in [0.1, 0.15) is 0 Å². The van der Waals surface area contributed by atoms with Crippen LogP contribution >= 0.6 is 0 Å². The lowest BCUT2D eigenvalue weighted by Gasteiger charge is -2.30.